The topological polar surface area (TPSA) is 92.5 Å². The van der Waals surface area contributed by atoms with Gasteiger partial charge in [-0.25, -0.2) is 0 Å². The van der Waals surface area contributed by atoms with Gasteiger partial charge in [-0.15, -0.1) is 0 Å². The van der Waals surface area contributed by atoms with Crippen molar-refractivity contribution >= 4 is 0 Å². The molecule has 0 aliphatic carbocycles. The van der Waals surface area contributed by atoms with Gasteiger partial charge in [0.1, 0.15) is 0 Å². The number of rotatable bonds is 10. The third-order valence-corrected chi connectivity index (χ3v) is 2.56. The molecule has 98 valence electrons. The zero-order chi connectivity index (χ0) is 9.78. The molecule has 4 heteroatoms. The van der Waals surface area contributed by atoms with Crippen LogP contribution in [0, 0.1) is 0 Å². The molecular weight excluding hydrogens is 227 g/mol. The van der Waals surface area contributed by atoms with Gasteiger partial charge in [0.25, 0.3) is 0 Å². The zero-order valence-corrected chi connectivity index (χ0v) is 14.7. The van der Waals surface area contributed by atoms with E-state index in [1.54, 1.807) is 0 Å². The van der Waals surface area contributed by atoms with Gasteiger partial charge < -0.3 is 18.8 Å². The molecule has 0 fully saturated rings. The van der Waals surface area contributed by atoms with E-state index in [2.05, 4.69) is 6.92 Å². The number of hydrogen-bond acceptors (Lipinski definition) is 2. The van der Waals surface area contributed by atoms with Gasteiger partial charge in [0, 0.05) is 0 Å². The summed E-state index contributed by atoms with van der Waals surface area (Å²) in [7, 11) is 0. The van der Waals surface area contributed by atoms with Crippen LogP contribution in [0.5, 0.6) is 0 Å². The van der Waals surface area contributed by atoms with Crippen LogP contribution in [0.1, 0.15) is 72.6 Å². The molecule has 0 aliphatic rings. The van der Waals surface area contributed by atoms with Crippen molar-refractivity contribution in [2.24, 2.45) is 5.73 Å². The number of nitrogens with two attached hydrogens (primary N) is 1. The molecule has 0 saturated heterocycles. The fourth-order valence-corrected chi connectivity index (χ4v) is 1.63. The largest absolute Gasteiger partial charge is 1.00 e. The summed E-state index contributed by atoms with van der Waals surface area (Å²) in [4.78, 5) is 0. The molecule has 0 spiro atoms. The van der Waals surface area contributed by atoms with Crippen LogP contribution >= 0.6 is 0 Å². The maximum Gasteiger partial charge on any atom is 1.00 e. The average molecular weight is 261 g/mol. The van der Waals surface area contributed by atoms with Crippen molar-refractivity contribution in [2.75, 3.05) is 6.54 Å². The minimum absolute atomic E-state index is 0. The minimum atomic E-state index is 0. The predicted octanol–water partition coefficient (Wildman–Crippen LogP) is 0.320. The Hall–Kier alpha value is 1.52. The van der Waals surface area contributed by atoms with Crippen molar-refractivity contribution < 1.29 is 58.3 Å². The molecule has 0 bridgehead atoms. The third kappa shape index (κ3) is 24.7. The summed E-state index contributed by atoms with van der Waals surface area (Å²) < 4.78 is 0. The summed E-state index contributed by atoms with van der Waals surface area (Å²) in [5.74, 6) is 0. The molecule has 0 radical (unpaired) electrons. The fourth-order valence-electron chi connectivity index (χ4n) is 1.63. The molecule has 0 aromatic carbocycles. The van der Waals surface area contributed by atoms with Gasteiger partial charge in [-0.3, -0.25) is 0 Å². The Balaban J connectivity index is -0.000000120. The molecule has 0 amide bonds. The molecule has 0 heterocycles. The fraction of sp³-hybridized carbons (Fsp3) is 1.00. The van der Waals surface area contributed by atoms with E-state index < -0.39 is 0 Å². The van der Waals surface area contributed by atoms with E-state index in [1.165, 1.54) is 64.2 Å². The molecule has 0 unspecified atom stereocenters. The van der Waals surface area contributed by atoms with Gasteiger partial charge >= 0.3 is 51.4 Å². The van der Waals surface area contributed by atoms with Gasteiger partial charge in [-0.1, -0.05) is 64.7 Å². The van der Waals surface area contributed by atoms with Crippen molar-refractivity contribution in [3.63, 3.8) is 0 Å². The monoisotopic (exact) mass is 260 g/mol. The van der Waals surface area contributed by atoms with Gasteiger partial charge in [0.2, 0.25) is 0 Å². The summed E-state index contributed by atoms with van der Waals surface area (Å²) in [5.41, 5.74) is 5.42. The van der Waals surface area contributed by atoms with E-state index >= 15 is 0 Å². The van der Waals surface area contributed by atoms with E-state index in [4.69, 9.17) is 5.73 Å². The molecule has 0 saturated carbocycles. The summed E-state index contributed by atoms with van der Waals surface area (Å²) in [6.45, 7) is 3.14. The standard InChI is InChI=1S/C12H27N.K.H3N.H2O.H/c1-2-3-4-5-6-7-8-9-10-11-12-13;;;;/h2-13H2,1H3;;1H3;1H2;/q;+1;;;-1. The number of hydrogen-bond donors (Lipinski definition) is 2. The van der Waals surface area contributed by atoms with Gasteiger partial charge in [-0.2, -0.15) is 0 Å². The molecule has 0 aromatic rings. The smallest absolute Gasteiger partial charge is 1.00 e. The predicted molar refractivity (Wildman–Crippen MR) is 70.6 cm³/mol. The van der Waals surface area contributed by atoms with Crippen molar-refractivity contribution in [3.05, 3.63) is 0 Å². The SMILES string of the molecule is CCCCCCCCCCCCN.N.O.[H-].[K+]. The van der Waals surface area contributed by atoms with Crippen LogP contribution in [0.25, 0.3) is 0 Å². The van der Waals surface area contributed by atoms with E-state index in [-0.39, 0.29) is 64.4 Å². The first-order chi connectivity index (χ1) is 6.41. The minimum Gasteiger partial charge on any atom is -1.00 e. The zero-order valence-electron chi connectivity index (χ0n) is 12.6. The Morgan fingerprint density at radius 1 is 0.750 bits per heavy atom. The van der Waals surface area contributed by atoms with Gasteiger partial charge in [-0.05, 0) is 13.0 Å². The van der Waals surface area contributed by atoms with Crippen molar-refractivity contribution in [1.82, 2.24) is 6.15 Å². The Morgan fingerprint density at radius 3 is 1.38 bits per heavy atom. The van der Waals surface area contributed by atoms with E-state index in [0.717, 1.165) is 6.54 Å². The van der Waals surface area contributed by atoms with E-state index in [1.807, 2.05) is 0 Å². The Morgan fingerprint density at radius 2 is 1.06 bits per heavy atom. The maximum absolute atomic E-state index is 5.42. The molecule has 0 atom stereocenters. The van der Waals surface area contributed by atoms with Crippen LogP contribution in [0.2, 0.25) is 0 Å². The van der Waals surface area contributed by atoms with Crippen LogP contribution in [0.15, 0.2) is 0 Å². The average Bonchev–Trinajstić information content (AvgIpc) is 2.16. The number of unbranched alkanes of at least 4 members (excludes halogenated alkanes) is 9. The van der Waals surface area contributed by atoms with Crippen molar-refractivity contribution in [3.8, 4) is 0 Å². The Labute approximate surface area is 146 Å². The quantitative estimate of drug-likeness (QED) is 0.437. The van der Waals surface area contributed by atoms with E-state index in [0.29, 0.717) is 0 Å². The molecule has 7 N–H and O–H groups in total. The first-order valence-corrected chi connectivity index (χ1v) is 6.12. The molecule has 0 aromatic heterocycles. The summed E-state index contributed by atoms with van der Waals surface area (Å²) in [6.07, 6.45) is 13.9. The van der Waals surface area contributed by atoms with Crippen molar-refractivity contribution in [1.29, 1.82) is 0 Å². The Bertz CT molecular complexity index is 90.6. The summed E-state index contributed by atoms with van der Waals surface area (Å²) in [5, 5.41) is 0. The van der Waals surface area contributed by atoms with Crippen LogP contribution in [-0.2, 0) is 0 Å². The second kappa shape index (κ2) is 25.4. The molecule has 16 heavy (non-hydrogen) atoms. The van der Waals surface area contributed by atoms with Crippen LogP contribution < -0.4 is 63.3 Å². The second-order valence-electron chi connectivity index (χ2n) is 3.97. The molecule has 0 aliphatic heterocycles. The third-order valence-electron chi connectivity index (χ3n) is 2.56. The van der Waals surface area contributed by atoms with Gasteiger partial charge in [0.05, 0.1) is 0 Å². The summed E-state index contributed by atoms with van der Waals surface area (Å²) in [6, 6.07) is 0. The van der Waals surface area contributed by atoms with Crippen LogP contribution in [-0.4, -0.2) is 12.0 Å². The molecule has 3 nitrogen and oxygen atoms in total. The second-order valence-corrected chi connectivity index (χ2v) is 3.97. The van der Waals surface area contributed by atoms with E-state index in [9.17, 15) is 0 Å². The Kier molecular flexibility index (Phi) is 41.5. The maximum atomic E-state index is 5.42. The first kappa shape index (κ1) is 26.2. The van der Waals surface area contributed by atoms with Crippen molar-refractivity contribution in [2.45, 2.75) is 71.1 Å². The van der Waals surface area contributed by atoms with Crippen LogP contribution in [0.3, 0.4) is 0 Å². The normalized spacial score (nSPS) is 8.62. The van der Waals surface area contributed by atoms with Crippen LogP contribution in [0.4, 0.5) is 0 Å². The molecular formula is C12H33KN2O. The molecule has 0 rings (SSSR count). The van der Waals surface area contributed by atoms with Gasteiger partial charge in [0.15, 0.2) is 0 Å². The summed E-state index contributed by atoms with van der Waals surface area (Å²) >= 11 is 0. The first-order valence-electron chi connectivity index (χ1n) is 6.12.